The van der Waals surface area contributed by atoms with Crippen molar-refractivity contribution in [1.29, 1.82) is 0 Å². The average molecular weight is 312 g/mol. The first-order valence-corrected chi connectivity index (χ1v) is 7.14. The zero-order valence-electron chi connectivity index (χ0n) is 11.8. The number of benzene rings is 2. The van der Waals surface area contributed by atoms with Crippen LogP contribution in [0.3, 0.4) is 0 Å². The molecule has 0 aromatic heterocycles. The molecule has 0 aliphatic carbocycles. The van der Waals surface area contributed by atoms with Crippen molar-refractivity contribution >= 4 is 35.1 Å². The number of carboxylic acids is 1. The Bertz CT molecular complexity index is 684. The minimum atomic E-state index is -0.974. The van der Waals surface area contributed by atoms with Gasteiger partial charge in [-0.05, 0) is 41.6 Å². The number of rotatable bonds is 5. The third kappa shape index (κ3) is 5.38. The molecule has 22 heavy (non-hydrogen) atoms. The van der Waals surface area contributed by atoms with Crippen molar-refractivity contribution in [1.82, 2.24) is 5.32 Å². The second-order valence-corrected chi connectivity index (χ2v) is 5.00. The molecular formula is C17H16N2O2S. The average Bonchev–Trinajstić information content (AvgIpc) is 2.52. The molecule has 2 rings (SSSR count). The van der Waals surface area contributed by atoms with Gasteiger partial charge in [0.2, 0.25) is 0 Å². The van der Waals surface area contributed by atoms with Gasteiger partial charge in [0.15, 0.2) is 5.11 Å². The molecule has 4 nitrogen and oxygen atoms in total. The van der Waals surface area contributed by atoms with Crippen LogP contribution in [0.5, 0.6) is 0 Å². The van der Waals surface area contributed by atoms with E-state index < -0.39 is 5.97 Å². The van der Waals surface area contributed by atoms with E-state index in [0.29, 0.717) is 11.7 Å². The minimum absolute atomic E-state index is 0.517. The zero-order valence-corrected chi connectivity index (χ0v) is 12.6. The molecule has 0 amide bonds. The van der Waals surface area contributed by atoms with Crippen LogP contribution in [-0.2, 0) is 11.3 Å². The van der Waals surface area contributed by atoms with Crippen molar-refractivity contribution < 1.29 is 9.90 Å². The van der Waals surface area contributed by atoms with Crippen LogP contribution in [0, 0.1) is 0 Å². The molecule has 0 fully saturated rings. The first kappa shape index (κ1) is 15.7. The Hall–Kier alpha value is -2.66. The fourth-order valence-electron chi connectivity index (χ4n) is 1.84. The van der Waals surface area contributed by atoms with Gasteiger partial charge in [-0.1, -0.05) is 42.5 Å². The van der Waals surface area contributed by atoms with Crippen LogP contribution in [-0.4, -0.2) is 16.2 Å². The quantitative estimate of drug-likeness (QED) is 0.584. The Morgan fingerprint density at radius 1 is 1.14 bits per heavy atom. The van der Waals surface area contributed by atoms with Gasteiger partial charge < -0.3 is 15.7 Å². The third-order valence-electron chi connectivity index (χ3n) is 2.86. The number of hydrogen-bond acceptors (Lipinski definition) is 2. The highest BCUT2D eigenvalue weighted by Gasteiger charge is 1.99. The molecule has 0 bridgehead atoms. The van der Waals surface area contributed by atoms with Gasteiger partial charge in [0, 0.05) is 18.3 Å². The van der Waals surface area contributed by atoms with Crippen molar-refractivity contribution in [3.8, 4) is 0 Å². The Morgan fingerprint density at radius 2 is 1.91 bits per heavy atom. The topological polar surface area (TPSA) is 61.4 Å². The molecule has 0 spiro atoms. The summed E-state index contributed by atoms with van der Waals surface area (Å²) in [5.74, 6) is -0.974. The van der Waals surface area contributed by atoms with Gasteiger partial charge in [-0.2, -0.15) is 0 Å². The molecule has 3 N–H and O–H groups in total. The summed E-state index contributed by atoms with van der Waals surface area (Å²) in [4.78, 5) is 10.5. The number of carboxylic acid groups (broad SMARTS) is 1. The van der Waals surface area contributed by atoms with Crippen molar-refractivity contribution in [2.24, 2.45) is 0 Å². The van der Waals surface area contributed by atoms with Crippen molar-refractivity contribution in [2.45, 2.75) is 6.54 Å². The van der Waals surface area contributed by atoms with E-state index in [1.54, 1.807) is 0 Å². The van der Waals surface area contributed by atoms with E-state index >= 15 is 0 Å². The first-order chi connectivity index (χ1) is 10.6. The van der Waals surface area contributed by atoms with Crippen molar-refractivity contribution in [3.63, 3.8) is 0 Å². The number of nitrogens with one attached hydrogen (secondary N) is 2. The lowest BCUT2D eigenvalue weighted by atomic mass is 10.2. The predicted octanol–water partition coefficient (Wildman–Crippen LogP) is 3.27. The van der Waals surface area contributed by atoms with Crippen LogP contribution >= 0.6 is 12.2 Å². The molecule has 0 aliphatic rings. The lowest BCUT2D eigenvalue weighted by molar-refractivity contribution is -0.131. The van der Waals surface area contributed by atoms with E-state index in [2.05, 4.69) is 10.6 Å². The van der Waals surface area contributed by atoms with Gasteiger partial charge in [-0.3, -0.25) is 0 Å². The summed E-state index contributed by atoms with van der Waals surface area (Å²) in [6.45, 7) is 0.644. The maximum atomic E-state index is 10.5. The molecular weight excluding hydrogens is 296 g/mol. The predicted molar refractivity (Wildman–Crippen MR) is 92.6 cm³/mol. The summed E-state index contributed by atoms with van der Waals surface area (Å²) < 4.78 is 0. The van der Waals surface area contributed by atoms with Gasteiger partial charge in [0.05, 0.1) is 0 Å². The van der Waals surface area contributed by atoms with Crippen LogP contribution in [0.1, 0.15) is 11.1 Å². The SMILES string of the molecule is O=C(O)/C=C/c1cccc(NC(=S)NCc2ccccc2)c1. The Morgan fingerprint density at radius 3 is 2.64 bits per heavy atom. The lowest BCUT2D eigenvalue weighted by Gasteiger charge is -2.11. The minimum Gasteiger partial charge on any atom is -0.478 e. The number of anilines is 1. The first-order valence-electron chi connectivity index (χ1n) is 6.73. The Balaban J connectivity index is 1.91. The van der Waals surface area contributed by atoms with Gasteiger partial charge in [-0.25, -0.2) is 4.79 Å². The second kappa shape index (κ2) is 7.95. The van der Waals surface area contributed by atoms with E-state index in [4.69, 9.17) is 17.3 Å². The Labute approximate surface area is 134 Å². The molecule has 0 atom stereocenters. The van der Waals surface area contributed by atoms with Gasteiger partial charge in [0.25, 0.3) is 0 Å². The number of thiocarbonyl (C=S) groups is 1. The molecule has 2 aromatic carbocycles. The van der Waals surface area contributed by atoms with Gasteiger partial charge in [0.1, 0.15) is 0 Å². The molecule has 0 aliphatic heterocycles. The molecule has 5 heteroatoms. The highest BCUT2D eigenvalue weighted by atomic mass is 32.1. The molecule has 0 unspecified atom stereocenters. The Kier molecular flexibility index (Phi) is 5.68. The summed E-state index contributed by atoms with van der Waals surface area (Å²) in [6, 6.07) is 17.3. The van der Waals surface area contributed by atoms with Gasteiger partial charge >= 0.3 is 5.97 Å². The van der Waals surface area contributed by atoms with Crippen LogP contribution in [0.15, 0.2) is 60.7 Å². The second-order valence-electron chi connectivity index (χ2n) is 4.59. The normalized spacial score (nSPS) is 10.4. The summed E-state index contributed by atoms with van der Waals surface area (Å²) >= 11 is 5.25. The maximum absolute atomic E-state index is 10.5. The smallest absolute Gasteiger partial charge is 0.328 e. The maximum Gasteiger partial charge on any atom is 0.328 e. The van der Waals surface area contributed by atoms with Crippen LogP contribution in [0.25, 0.3) is 6.08 Å². The van der Waals surface area contributed by atoms with Crippen molar-refractivity contribution in [3.05, 3.63) is 71.8 Å². The van der Waals surface area contributed by atoms with Crippen LogP contribution in [0.4, 0.5) is 5.69 Å². The van der Waals surface area contributed by atoms with E-state index in [0.717, 1.165) is 22.9 Å². The molecule has 0 radical (unpaired) electrons. The van der Waals surface area contributed by atoms with Gasteiger partial charge in [-0.15, -0.1) is 0 Å². The van der Waals surface area contributed by atoms with Crippen molar-refractivity contribution in [2.75, 3.05) is 5.32 Å². The van der Waals surface area contributed by atoms with E-state index in [9.17, 15) is 4.79 Å². The standard InChI is InChI=1S/C17H16N2O2S/c20-16(21)10-9-13-7-4-8-15(11-13)19-17(22)18-12-14-5-2-1-3-6-14/h1-11H,12H2,(H,20,21)(H2,18,19,22)/b10-9+. The molecule has 112 valence electrons. The molecule has 0 saturated carbocycles. The zero-order chi connectivity index (χ0) is 15.8. The lowest BCUT2D eigenvalue weighted by Crippen LogP contribution is -2.27. The number of aliphatic carboxylic acids is 1. The van der Waals surface area contributed by atoms with Crippen LogP contribution < -0.4 is 10.6 Å². The van der Waals surface area contributed by atoms with E-state index in [1.165, 1.54) is 6.08 Å². The summed E-state index contributed by atoms with van der Waals surface area (Å²) in [6.07, 6.45) is 2.64. The molecule has 0 saturated heterocycles. The molecule has 2 aromatic rings. The van der Waals surface area contributed by atoms with Crippen LogP contribution in [0.2, 0.25) is 0 Å². The highest BCUT2D eigenvalue weighted by Crippen LogP contribution is 2.12. The summed E-state index contributed by atoms with van der Waals surface area (Å²) in [5, 5.41) is 15.4. The number of hydrogen-bond donors (Lipinski definition) is 3. The summed E-state index contributed by atoms with van der Waals surface area (Å²) in [5.41, 5.74) is 2.74. The fraction of sp³-hybridized carbons (Fsp3) is 0.0588. The highest BCUT2D eigenvalue weighted by molar-refractivity contribution is 7.80. The largest absolute Gasteiger partial charge is 0.478 e. The third-order valence-corrected chi connectivity index (χ3v) is 3.11. The van der Waals surface area contributed by atoms with E-state index in [1.807, 2.05) is 54.6 Å². The number of carbonyl (C=O) groups is 1. The summed E-state index contributed by atoms with van der Waals surface area (Å²) in [7, 11) is 0. The van der Waals surface area contributed by atoms with E-state index in [-0.39, 0.29) is 0 Å². The fourth-order valence-corrected chi connectivity index (χ4v) is 2.03. The molecule has 0 heterocycles. The monoisotopic (exact) mass is 312 g/mol.